The molecule has 1 aromatic carbocycles. The Morgan fingerprint density at radius 2 is 1.89 bits per heavy atom. The zero-order chi connectivity index (χ0) is 14.0. The van der Waals surface area contributed by atoms with E-state index in [1.54, 1.807) is 18.2 Å². The molecule has 1 aromatic heterocycles. The van der Waals surface area contributed by atoms with Gasteiger partial charge in [0, 0.05) is 9.50 Å². The third-order valence-electron chi connectivity index (χ3n) is 2.20. The fraction of sp³-hybridized carbons (Fsp3) is 0. The van der Waals surface area contributed by atoms with Gasteiger partial charge in [0.1, 0.15) is 10.8 Å². The second-order valence-corrected chi connectivity index (χ2v) is 5.63. The molecule has 19 heavy (non-hydrogen) atoms. The monoisotopic (exact) mass is 378 g/mol. The summed E-state index contributed by atoms with van der Waals surface area (Å²) in [7, 11) is 0. The molecule has 7 heteroatoms. The Kier molecular flexibility index (Phi) is 4.68. The Hall–Kier alpha value is -0.810. The molecule has 1 N–H and O–H groups in total. The highest BCUT2D eigenvalue weighted by Crippen LogP contribution is 2.27. The van der Waals surface area contributed by atoms with Crippen molar-refractivity contribution < 1.29 is 4.79 Å². The maximum absolute atomic E-state index is 12.1. The number of anilines is 1. The van der Waals surface area contributed by atoms with Crippen LogP contribution in [0.3, 0.4) is 0 Å². The molecule has 0 aliphatic rings. The SMILES string of the molecule is O=C(Nc1cc(Cl)ccc1Br)c1nc(Cl)ccc1Cl. The van der Waals surface area contributed by atoms with Crippen LogP contribution in [0.2, 0.25) is 15.2 Å². The van der Waals surface area contributed by atoms with Gasteiger partial charge in [0.25, 0.3) is 5.91 Å². The number of carbonyl (C=O) groups is 1. The van der Waals surface area contributed by atoms with Crippen molar-refractivity contribution in [2.24, 2.45) is 0 Å². The second-order valence-electron chi connectivity index (χ2n) is 3.54. The minimum atomic E-state index is -0.463. The minimum absolute atomic E-state index is 0.0565. The summed E-state index contributed by atoms with van der Waals surface area (Å²) in [6, 6.07) is 8.06. The van der Waals surface area contributed by atoms with Gasteiger partial charge in [-0.15, -0.1) is 0 Å². The lowest BCUT2D eigenvalue weighted by atomic mass is 10.3. The number of carbonyl (C=O) groups excluding carboxylic acids is 1. The summed E-state index contributed by atoms with van der Waals surface area (Å²) >= 11 is 20.8. The highest BCUT2D eigenvalue weighted by Gasteiger charge is 2.14. The molecule has 0 saturated heterocycles. The molecule has 0 radical (unpaired) electrons. The van der Waals surface area contributed by atoms with Gasteiger partial charge in [0.05, 0.1) is 10.7 Å². The summed E-state index contributed by atoms with van der Waals surface area (Å²) in [4.78, 5) is 16.0. The lowest BCUT2D eigenvalue weighted by Crippen LogP contribution is -2.14. The molecule has 3 nitrogen and oxygen atoms in total. The summed E-state index contributed by atoms with van der Waals surface area (Å²) in [5.74, 6) is -0.463. The Bertz CT molecular complexity index is 649. The standard InChI is InChI=1S/C12H6BrCl3N2O/c13-7-2-1-6(14)5-9(7)17-12(19)11-8(15)3-4-10(16)18-11/h1-5H,(H,17,19). The molecule has 0 atom stereocenters. The quantitative estimate of drug-likeness (QED) is 0.740. The Morgan fingerprint density at radius 3 is 2.63 bits per heavy atom. The number of hydrogen-bond acceptors (Lipinski definition) is 2. The van der Waals surface area contributed by atoms with Crippen LogP contribution >= 0.6 is 50.7 Å². The van der Waals surface area contributed by atoms with Gasteiger partial charge in [0.15, 0.2) is 0 Å². The van der Waals surface area contributed by atoms with Crippen molar-refractivity contribution in [3.05, 3.63) is 55.7 Å². The number of pyridine rings is 1. The zero-order valence-corrected chi connectivity index (χ0v) is 13.1. The van der Waals surface area contributed by atoms with Crippen molar-refractivity contribution in [2.75, 3.05) is 5.32 Å². The number of halogens is 4. The molecule has 0 aliphatic carbocycles. The lowest BCUT2D eigenvalue weighted by Gasteiger charge is -2.08. The summed E-state index contributed by atoms with van der Waals surface area (Å²) in [6.45, 7) is 0. The fourth-order valence-electron chi connectivity index (χ4n) is 1.35. The number of rotatable bonds is 2. The van der Waals surface area contributed by atoms with E-state index in [2.05, 4.69) is 26.2 Å². The lowest BCUT2D eigenvalue weighted by molar-refractivity contribution is 0.102. The van der Waals surface area contributed by atoms with E-state index in [1.165, 1.54) is 12.1 Å². The number of nitrogens with zero attached hydrogens (tertiary/aromatic N) is 1. The van der Waals surface area contributed by atoms with Crippen molar-refractivity contribution in [3.8, 4) is 0 Å². The molecule has 2 rings (SSSR count). The van der Waals surface area contributed by atoms with E-state index in [9.17, 15) is 4.79 Å². The molecule has 1 heterocycles. The molecule has 1 amide bonds. The molecular weight excluding hydrogens is 374 g/mol. The van der Waals surface area contributed by atoms with Crippen LogP contribution in [0.1, 0.15) is 10.5 Å². The van der Waals surface area contributed by atoms with E-state index in [1.807, 2.05) is 0 Å². The fourth-order valence-corrected chi connectivity index (χ4v) is 2.21. The molecule has 0 fully saturated rings. The van der Waals surface area contributed by atoms with Gasteiger partial charge in [-0.2, -0.15) is 0 Å². The van der Waals surface area contributed by atoms with Gasteiger partial charge in [0.2, 0.25) is 0 Å². The molecule has 98 valence electrons. The topological polar surface area (TPSA) is 42.0 Å². The maximum Gasteiger partial charge on any atom is 0.275 e. The highest BCUT2D eigenvalue weighted by molar-refractivity contribution is 9.10. The molecule has 0 unspecified atom stereocenters. The first-order valence-corrected chi connectivity index (χ1v) is 6.98. The van der Waals surface area contributed by atoms with Crippen LogP contribution in [-0.2, 0) is 0 Å². The van der Waals surface area contributed by atoms with E-state index in [0.29, 0.717) is 15.2 Å². The average Bonchev–Trinajstić information content (AvgIpc) is 2.36. The Balaban J connectivity index is 2.30. The van der Waals surface area contributed by atoms with E-state index in [-0.39, 0.29) is 15.9 Å². The smallest absolute Gasteiger partial charge is 0.275 e. The number of amides is 1. The van der Waals surface area contributed by atoms with Crippen LogP contribution in [0.4, 0.5) is 5.69 Å². The number of nitrogens with one attached hydrogen (secondary N) is 1. The Labute approximate surface area is 133 Å². The number of hydrogen-bond donors (Lipinski definition) is 1. The van der Waals surface area contributed by atoms with Crippen LogP contribution < -0.4 is 5.32 Å². The molecule has 0 spiro atoms. The van der Waals surface area contributed by atoms with Crippen LogP contribution in [0, 0.1) is 0 Å². The van der Waals surface area contributed by atoms with Gasteiger partial charge in [-0.25, -0.2) is 4.98 Å². The Morgan fingerprint density at radius 1 is 1.16 bits per heavy atom. The van der Waals surface area contributed by atoms with E-state index >= 15 is 0 Å². The van der Waals surface area contributed by atoms with Crippen molar-refractivity contribution in [3.63, 3.8) is 0 Å². The minimum Gasteiger partial charge on any atom is -0.320 e. The molecule has 2 aromatic rings. The molecule has 0 aliphatic heterocycles. The largest absolute Gasteiger partial charge is 0.320 e. The zero-order valence-electron chi connectivity index (χ0n) is 9.25. The molecular formula is C12H6BrCl3N2O. The van der Waals surface area contributed by atoms with Gasteiger partial charge in [-0.05, 0) is 46.3 Å². The van der Waals surface area contributed by atoms with Gasteiger partial charge < -0.3 is 5.32 Å². The summed E-state index contributed by atoms with van der Waals surface area (Å²) in [5.41, 5.74) is 0.580. The predicted molar refractivity (Wildman–Crippen MR) is 81.4 cm³/mol. The molecule has 0 bridgehead atoms. The number of aromatic nitrogens is 1. The first-order chi connectivity index (χ1) is 8.97. The average molecular weight is 380 g/mol. The third-order valence-corrected chi connectivity index (χ3v) is 3.65. The predicted octanol–water partition coefficient (Wildman–Crippen LogP) is 5.06. The van der Waals surface area contributed by atoms with Crippen molar-refractivity contribution in [1.82, 2.24) is 4.98 Å². The molecule has 0 saturated carbocycles. The second kappa shape index (κ2) is 6.09. The van der Waals surface area contributed by atoms with Crippen LogP contribution in [0.5, 0.6) is 0 Å². The van der Waals surface area contributed by atoms with Crippen LogP contribution in [-0.4, -0.2) is 10.9 Å². The first kappa shape index (κ1) is 14.6. The van der Waals surface area contributed by atoms with Crippen LogP contribution in [0.25, 0.3) is 0 Å². The van der Waals surface area contributed by atoms with Gasteiger partial charge in [-0.1, -0.05) is 34.8 Å². The number of benzene rings is 1. The summed E-state index contributed by atoms with van der Waals surface area (Å²) < 4.78 is 0.698. The highest BCUT2D eigenvalue weighted by atomic mass is 79.9. The van der Waals surface area contributed by atoms with Crippen molar-refractivity contribution in [2.45, 2.75) is 0 Å². The summed E-state index contributed by atoms with van der Waals surface area (Å²) in [5, 5.41) is 3.58. The maximum atomic E-state index is 12.1. The third kappa shape index (κ3) is 3.60. The van der Waals surface area contributed by atoms with E-state index in [0.717, 1.165) is 0 Å². The first-order valence-electron chi connectivity index (χ1n) is 5.06. The van der Waals surface area contributed by atoms with E-state index in [4.69, 9.17) is 34.8 Å². The normalized spacial score (nSPS) is 10.3. The van der Waals surface area contributed by atoms with E-state index < -0.39 is 5.91 Å². The van der Waals surface area contributed by atoms with Crippen molar-refractivity contribution in [1.29, 1.82) is 0 Å². The van der Waals surface area contributed by atoms with Crippen LogP contribution in [0.15, 0.2) is 34.8 Å². The van der Waals surface area contributed by atoms with Gasteiger partial charge >= 0.3 is 0 Å². The van der Waals surface area contributed by atoms with Crippen molar-refractivity contribution >= 4 is 62.3 Å². The summed E-state index contributed by atoms with van der Waals surface area (Å²) in [6.07, 6.45) is 0. The van der Waals surface area contributed by atoms with Gasteiger partial charge in [-0.3, -0.25) is 4.79 Å².